The molecule has 120 valence electrons. The van der Waals surface area contributed by atoms with Gasteiger partial charge in [0.05, 0.1) is 27.6 Å². The number of rotatable bonds is 4. The van der Waals surface area contributed by atoms with Crippen LogP contribution < -0.4 is 16.0 Å². The number of hydrogen-bond donors (Lipinski definition) is 4. The van der Waals surface area contributed by atoms with Crippen molar-refractivity contribution in [2.75, 3.05) is 17.2 Å². The van der Waals surface area contributed by atoms with Gasteiger partial charge in [0.1, 0.15) is 6.54 Å². The van der Waals surface area contributed by atoms with Crippen molar-refractivity contribution < 1.29 is 24.4 Å². The summed E-state index contributed by atoms with van der Waals surface area (Å²) in [5.74, 6) is -2.72. The van der Waals surface area contributed by atoms with E-state index >= 15 is 0 Å². The maximum Gasteiger partial charge on any atom is 0.322 e. The summed E-state index contributed by atoms with van der Waals surface area (Å²) in [6, 6.07) is 1.17. The highest BCUT2D eigenvalue weighted by Gasteiger charge is 2.30. The number of carbonyl (C=O) groups is 3. The maximum absolute atomic E-state index is 12.2. The molecule has 10 heteroatoms. The molecule has 0 bridgehead atoms. The van der Waals surface area contributed by atoms with E-state index in [4.69, 9.17) is 5.11 Å². The molecule has 0 atom stereocenters. The molecule has 1 aromatic carbocycles. The Bertz CT molecular complexity index is 770. The zero-order chi connectivity index (χ0) is 17.3. The second kappa shape index (κ2) is 5.75. The number of nitro benzene ring substituents is 1. The number of nitro groups is 1. The van der Waals surface area contributed by atoms with Gasteiger partial charge in [-0.2, -0.15) is 0 Å². The molecule has 1 heterocycles. The molecule has 0 saturated heterocycles. The molecule has 1 aliphatic rings. The van der Waals surface area contributed by atoms with Crippen molar-refractivity contribution in [2.45, 2.75) is 6.92 Å². The highest BCUT2D eigenvalue weighted by atomic mass is 16.6. The molecular weight excluding hydrogens is 308 g/mol. The molecule has 0 unspecified atom stereocenters. The minimum absolute atomic E-state index is 0.00579. The molecule has 2 rings (SSSR count). The Balaban J connectivity index is 2.60. The quantitative estimate of drug-likeness (QED) is 0.360. The van der Waals surface area contributed by atoms with E-state index in [-0.39, 0.29) is 33.9 Å². The average Bonchev–Trinajstić information content (AvgIpc) is 2.46. The normalized spacial score (nSPS) is 12.7. The van der Waals surface area contributed by atoms with E-state index in [0.29, 0.717) is 0 Å². The van der Waals surface area contributed by atoms with Crippen molar-refractivity contribution in [3.8, 4) is 0 Å². The van der Waals surface area contributed by atoms with Gasteiger partial charge in [0.15, 0.2) is 0 Å². The molecular formula is C13H12N4O6. The number of anilines is 2. The second-order valence-corrected chi connectivity index (χ2v) is 4.71. The van der Waals surface area contributed by atoms with Crippen LogP contribution in [0.3, 0.4) is 0 Å². The fourth-order valence-corrected chi connectivity index (χ4v) is 2.12. The summed E-state index contributed by atoms with van der Waals surface area (Å²) in [7, 11) is 0. The van der Waals surface area contributed by atoms with Gasteiger partial charge < -0.3 is 21.1 Å². The first-order valence-electron chi connectivity index (χ1n) is 6.31. The molecule has 2 amide bonds. The number of aliphatic carboxylic acids is 1. The predicted octanol–water partition coefficient (Wildman–Crippen LogP) is 0.595. The lowest BCUT2D eigenvalue weighted by Gasteiger charge is -2.23. The topological polar surface area (TPSA) is 151 Å². The Hall–Kier alpha value is -3.43. The van der Waals surface area contributed by atoms with Crippen LogP contribution in [-0.2, 0) is 9.59 Å². The Kier molecular flexibility index (Phi) is 3.99. The molecule has 4 N–H and O–H groups in total. The molecule has 10 nitrogen and oxygen atoms in total. The highest BCUT2D eigenvalue weighted by Crippen LogP contribution is 2.38. The number of carboxylic acids is 1. The van der Waals surface area contributed by atoms with Gasteiger partial charge in [-0.05, 0) is 6.92 Å². The lowest BCUT2D eigenvalue weighted by Crippen LogP contribution is -2.33. The van der Waals surface area contributed by atoms with Gasteiger partial charge in [-0.25, -0.2) is 0 Å². The first kappa shape index (κ1) is 15.9. The fraction of sp³-hybridized carbons (Fsp3) is 0.154. The van der Waals surface area contributed by atoms with Crippen LogP contribution in [0.5, 0.6) is 0 Å². The van der Waals surface area contributed by atoms with Crippen LogP contribution in [0.4, 0.5) is 17.1 Å². The summed E-state index contributed by atoms with van der Waals surface area (Å²) in [6.07, 6.45) is 0. The average molecular weight is 320 g/mol. The lowest BCUT2D eigenvalue weighted by molar-refractivity contribution is -0.385. The van der Waals surface area contributed by atoms with Gasteiger partial charge in [0.2, 0.25) is 0 Å². The van der Waals surface area contributed by atoms with Gasteiger partial charge in [-0.1, -0.05) is 6.58 Å². The number of amides is 2. The van der Waals surface area contributed by atoms with Crippen molar-refractivity contribution in [3.05, 3.63) is 39.6 Å². The predicted molar refractivity (Wildman–Crippen MR) is 79.2 cm³/mol. The van der Waals surface area contributed by atoms with Crippen molar-refractivity contribution in [1.82, 2.24) is 5.32 Å². The van der Waals surface area contributed by atoms with Crippen LogP contribution in [0.1, 0.15) is 15.9 Å². The molecule has 0 saturated carbocycles. The zero-order valence-electron chi connectivity index (χ0n) is 11.9. The van der Waals surface area contributed by atoms with E-state index < -0.39 is 29.3 Å². The maximum atomic E-state index is 12.2. The first-order chi connectivity index (χ1) is 10.7. The smallest absolute Gasteiger partial charge is 0.322 e. The second-order valence-electron chi connectivity index (χ2n) is 4.71. The minimum Gasteiger partial charge on any atom is -0.480 e. The highest BCUT2D eigenvalue weighted by molar-refractivity contribution is 6.16. The zero-order valence-corrected chi connectivity index (χ0v) is 11.9. The summed E-state index contributed by atoms with van der Waals surface area (Å²) < 4.78 is 0. The van der Waals surface area contributed by atoms with E-state index in [9.17, 15) is 24.5 Å². The van der Waals surface area contributed by atoms with Crippen LogP contribution in [-0.4, -0.2) is 34.4 Å². The van der Waals surface area contributed by atoms with Crippen LogP contribution in [0.2, 0.25) is 0 Å². The van der Waals surface area contributed by atoms with E-state index in [2.05, 4.69) is 22.5 Å². The van der Waals surface area contributed by atoms with E-state index in [0.717, 1.165) is 0 Å². The fourth-order valence-electron chi connectivity index (χ4n) is 2.12. The van der Waals surface area contributed by atoms with Crippen molar-refractivity contribution >= 4 is 34.8 Å². The lowest BCUT2D eigenvalue weighted by atomic mass is 10.00. The molecule has 0 radical (unpaired) electrons. The molecule has 1 aliphatic heterocycles. The van der Waals surface area contributed by atoms with Gasteiger partial charge >= 0.3 is 5.97 Å². The van der Waals surface area contributed by atoms with Crippen LogP contribution in [0.15, 0.2) is 18.3 Å². The number of carbonyl (C=O) groups excluding carboxylic acids is 2. The SMILES string of the molecule is C=C1Nc2cc([N+](=O)[O-])c(C)c(C(=O)NCC(=O)O)c2NC1=O. The van der Waals surface area contributed by atoms with Gasteiger partial charge in [-0.15, -0.1) is 0 Å². The van der Waals surface area contributed by atoms with Crippen LogP contribution in [0.25, 0.3) is 0 Å². The molecule has 0 fully saturated rings. The standard InChI is InChI=1S/C13H12N4O6/c1-5-8(17(22)23)3-7-11(16-12(20)6(2)15-7)10(5)13(21)14-4-9(18)19/h3,15H,2,4H2,1H3,(H,14,21)(H,16,20)(H,18,19). The number of nitrogens with zero attached hydrogens (tertiary/aromatic N) is 1. The number of nitrogens with one attached hydrogen (secondary N) is 3. The van der Waals surface area contributed by atoms with E-state index in [1.807, 2.05) is 0 Å². The number of hydrogen-bond acceptors (Lipinski definition) is 6. The van der Waals surface area contributed by atoms with Crippen LogP contribution in [0, 0.1) is 17.0 Å². The Morgan fingerprint density at radius 2 is 2.09 bits per heavy atom. The summed E-state index contributed by atoms with van der Waals surface area (Å²) in [6.45, 7) is 4.13. The van der Waals surface area contributed by atoms with Crippen molar-refractivity contribution in [2.24, 2.45) is 0 Å². The number of benzene rings is 1. The third-order valence-electron chi connectivity index (χ3n) is 3.18. The summed E-state index contributed by atoms with van der Waals surface area (Å²) >= 11 is 0. The Morgan fingerprint density at radius 1 is 1.43 bits per heavy atom. The first-order valence-corrected chi connectivity index (χ1v) is 6.31. The molecule has 0 spiro atoms. The van der Waals surface area contributed by atoms with Gasteiger partial charge in [0, 0.05) is 11.6 Å². The molecule has 23 heavy (non-hydrogen) atoms. The third-order valence-corrected chi connectivity index (χ3v) is 3.18. The van der Waals surface area contributed by atoms with E-state index in [1.165, 1.54) is 13.0 Å². The minimum atomic E-state index is -1.27. The van der Waals surface area contributed by atoms with Gasteiger partial charge in [-0.3, -0.25) is 24.5 Å². The summed E-state index contributed by atoms with van der Waals surface area (Å²) in [5, 5.41) is 26.9. The molecule has 1 aromatic rings. The molecule has 0 aliphatic carbocycles. The third kappa shape index (κ3) is 2.95. The van der Waals surface area contributed by atoms with Crippen molar-refractivity contribution in [3.63, 3.8) is 0 Å². The monoisotopic (exact) mass is 320 g/mol. The molecule has 0 aromatic heterocycles. The Labute approximate surface area is 129 Å². The van der Waals surface area contributed by atoms with E-state index in [1.54, 1.807) is 0 Å². The largest absolute Gasteiger partial charge is 0.480 e. The van der Waals surface area contributed by atoms with Crippen molar-refractivity contribution in [1.29, 1.82) is 0 Å². The number of fused-ring (bicyclic) bond motifs is 1. The van der Waals surface area contributed by atoms with Gasteiger partial charge in [0.25, 0.3) is 17.5 Å². The summed E-state index contributed by atoms with van der Waals surface area (Å²) in [4.78, 5) is 44.9. The van der Waals surface area contributed by atoms with Crippen LogP contribution >= 0.6 is 0 Å². The number of carboxylic acid groups (broad SMARTS) is 1. The summed E-state index contributed by atoms with van der Waals surface area (Å²) in [5.41, 5.74) is -0.385. The Morgan fingerprint density at radius 3 is 2.65 bits per heavy atom.